The van der Waals surface area contributed by atoms with Gasteiger partial charge in [-0.25, -0.2) is 8.78 Å². The minimum atomic E-state index is -0.855. The minimum absolute atomic E-state index is 0.00509. The third-order valence-electron chi connectivity index (χ3n) is 9.21. The number of halogens is 4. The highest BCUT2D eigenvalue weighted by Crippen LogP contribution is 2.39. The fourth-order valence-corrected chi connectivity index (χ4v) is 7.15. The second-order valence-electron chi connectivity index (χ2n) is 13.0. The van der Waals surface area contributed by atoms with Crippen LogP contribution in [0, 0.1) is 30.2 Å². The number of benzene rings is 2. The maximum absolute atomic E-state index is 14.7. The van der Waals surface area contributed by atoms with Crippen molar-refractivity contribution in [1.29, 1.82) is 0 Å². The van der Waals surface area contributed by atoms with Crippen molar-refractivity contribution in [2.75, 3.05) is 19.4 Å². The molecular weight excluding hydrogens is 623 g/mol. The fraction of sp³-hybridized carbons (Fsp3) is 0.692. The van der Waals surface area contributed by atoms with E-state index in [1.165, 1.54) is 44.6 Å². The molecule has 1 saturated carbocycles. The van der Waals surface area contributed by atoms with Gasteiger partial charge < -0.3 is 14.4 Å². The Morgan fingerprint density at radius 2 is 1.30 bits per heavy atom. The Morgan fingerprint density at radius 3 is 1.87 bits per heavy atom. The summed E-state index contributed by atoms with van der Waals surface area (Å²) < 4.78 is 67.7. The van der Waals surface area contributed by atoms with Crippen LogP contribution in [-0.4, -0.2) is 24.3 Å². The Labute approximate surface area is 284 Å². The molecule has 0 heterocycles. The normalized spacial score (nSPS) is 13.7. The molecule has 0 saturated heterocycles. The highest BCUT2D eigenvalue weighted by atomic mass is 31.1. The van der Waals surface area contributed by atoms with Gasteiger partial charge in [0.25, 0.3) is 0 Å². The second-order valence-corrected chi connectivity index (χ2v) is 13.8. The molecule has 2 aromatic rings. The van der Waals surface area contributed by atoms with Gasteiger partial charge in [-0.3, -0.25) is 0 Å². The molecule has 3 nitrogen and oxygen atoms in total. The molecule has 0 spiro atoms. The van der Waals surface area contributed by atoms with Crippen LogP contribution in [0.15, 0.2) is 18.2 Å². The van der Waals surface area contributed by atoms with Crippen LogP contribution in [0.3, 0.4) is 0 Å². The molecule has 47 heavy (non-hydrogen) atoms. The standard InChI is InChI=1S/C24H39F2O2P.C15H22F2O/c1-19-18-21(23(25)24(26)22(19)20-14-10-9-11-15-20)28-16-12-7-5-3-2-4-6-8-13-17-29-27;1-4-7-11(8-5-2)12-9-10-13(18-6-3)15(17)14(12)16/h18,20,27,29H,2-17H2,1H3;9-11H,4-8H2,1-3H3. The van der Waals surface area contributed by atoms with E-state index in [0.717, 1.165) is 88.8 Å². The largest absolute Gasteiger partial charge is 0.491 e. The van der Waals surface area contributed by atoms with Crippen molar-refractivity contribution in [2.24, 2.45) is 0 Å². The van der Waals surface area contributed by atoms with Gasteiger partial charge in [-0.2, -0.15) is 8.78 Å². The van der Waals surface area contributed by atoms with Gasteiger partial charge in [0.05, 0.1) is 13.2 Å². The summed E-state index contributed by atoms with van der Waals surface area (Å²) in [6.45, 7) is 8.53. The van der Waals surface area contributed by atoms with Crippen LogP contribution in [-0.2, 0) is 0 Å². The van der Waals surface area contributed by atoms with E-state index in [0.29, 0.717) is 24.3 Å². The molecule has 8 heteroatoms. The Morgan fingerprint density at radius 1 is 0.723 bits per heavy atom. The lowest BCUT2D eigenvalue weighted by Crippen LogP contribution is -2.11. The van der Waals surface area contributed by atoms with E-state index in [9.17, 15) is 17.6 Å². The first-order valence-corrected chi connectivity index (χ1v) is 19.5. The molecule has 1 unspecified atom stereocenters. The van der Waals surface area contributed by atoms with Gasteiger partial charge in [-0.15, -0.1) is 0 Å². The average molecular weight is 685 g/mol. The van der Waals surface area contributed by atoms with Crippen molar-refractivity contribution >= 4 is 8.81 Å². The lowest BCUT2D eigenvalue weighted by atomic mass is 9.82. The monoisotopic (exact) mass is 684 g/mol. The van der Waals surface area contributed by atoms with Gasteiger partial charge in [-0.05, 0) is 99.2 Å². The first-order valence-electron chi connectivity index (χ1n) is 18.4. The quantitative estimate of drug-likeness (QED) is 0.0808. The SMILES string of the molecule is CCCC(CCC)c1ccc(OCC)c(F)c1F.Cc1cc(OCCCCCCCCCCCPO)c(F)c(F)c1C1CCCCC1. The average Bonchev–Trinajstić information content (AvgIpc) is 3.07. The third kappa shape index (κ3) is 14.3. The summed E-state index contributed by atoms with van der Waals surface area (Å²) in [4.78, 5) is 8.77. The Hall–Kier alpha value is -1.85. The molecule has 3 rings (SSSR count). The summed E-state index contributed by atoms with van der Waals surface area (Å²) in [7, 11) is 0.100. The molecule has 1 atom stereocenters. The molecule has 0 radical (unpaired) electrons. The van der Waals surface area contributed by atoms with Gasteiger partial charge in [-0.1, -0.05) is 97.0 Å². The van der Waals surface area contributed by atoms with Crippen LogP contribution in [0.25, 0.3) is 0 Å². The highest BCUT2D eigenvalue weighted by molar-refractivity contribution is 7.31. The van der Waals surface area contributed by atoms with Crippen molar-refractivity contribution in [2.45, 2.75) is 155 Å². The van der Waals surface area contributed by atoms with Crippen LogP contribution < -0.4 is 9.47 Å². The van der Waals surface area contributed by atoms with Gasteiger partial charge in [0.15, 0.2) is 23.1 Å². The molecule has 0 aromatic heterocycles. The van der Waals surface area contributed by atoms with Crippen LogP contribution >= 0.6 is 8.81 Å². The smallest absolute Gasteiger partial charge is 0.200 e. The summed E-state index contributed by atoms with van der Waals surface area (Å²) in [6.07, 6.45) is 20.5. The van der Waals surface area contributed by atoms with Crippen molar-refractivity contribution in [3.8, 4) is 11.5 Å². The molecule has 0 aliphatic heterocycles. The van der Waals surface area contributed by atoms with E-state index < -0.39 is 23.3 Å². The molecule has 0 bridgehead atoms. The van der Waals surface area contributed by atoms with Crippen LogP contribution in [0.2, 0.25) is 0 Å². The first-order chi connectivity index (χ1) is 22.8. The summed E-state index contributed by atoms with van der Waals surface area (Å²) in [5, 5.41) is 0. The van der Waals surface area contributed by atoms with Crippen molar-refractivity contribution < 1.29 is 31.9 Å². The number of hydrogen-bond donors (Lipinski definition) is 1. The Kier molecular flexibility index (Phi) is 21.4. The molecule has 2 aromatic carbocycles. The van der Waals surface area contributed by atoms with Crippen LogP contribution in [0.5, 0.6) is 11.5 Å². The van der Waals surface area contributed by atoms with E-state index >= 15 is 0 Å². The van der Waals surface area contributed by atoms with Crippen molar-refractivity contribution in [1.82, 2.24) is 0 Å². The van der Waals surface area contributed by atoms with Gasteiger partial charge in [0.1, 0.15) is 0 Å². The fourth-order valence-electron chi connectivity index (χ4n) is 6.74. The van der Waals surface area contributed by atoms with Crippen LogP contribution in [0.1, 0.15) is 165 Å². The molecule has 268 valence electrons. The van der Waals surface area contributed by atoms with E-state index in [2.05, 4.69) is 13.8 Å². The highest BCUT2D eigenvalue weighted by Gasteiger charge is 2.25. The van der Waals surface area contributed by atoms with Crippen LogP contribution in [0.4, 0.5) is 17.6 Å². The van der Waals surface area contributed by atoms with Crippen molar-refractivity contribution in [3.63, 3.8) is 0 Å². The molecule has 1 aliphatic carbocycles. The third-order valence-corrected chi connectivity index (χ3v) is 9.79. The van der Waals surface area contributed by atoms with Crippen molar-refractivity contribution in [3.05, 3.63) is 58.2 Å². The van der Waals surface area contributed by atoms with E-state index in [1.807, 2.05) is 6.92 Å². The number of unbranched alkanes of at least 4 members (excludes halogenated alkanes) is 8. The number of ether oxygens (including phenoxy) is 2. The van der Waals surface area contributed by atoms with Gasteiger partial charge in [0, 0.05) is 8.81 Å². The zero-order valence-corrected chi connectivity index (χ0v) is 30.5. The Balaban J connectivity index is 0.000000366. The van der Waals surface area contributed by atoms with Gasteiger partial charge >= 0.3 is 0 Å². The lowest BCUT2D eigenvalue weighted by molar-refractivity contribution is 0.283. The zero-order chi connectivity index (χ0) is 34.4. The maximum Gasteiger partial charge on any atom is 0.200 e. The second kappa shape index (κ2) is 24.3. The zero-order valence-electron chi connectivity index (χ0n) is 29.5. The van der Waals surface area contributed by atoms with E-state index in [4.69, 9.17) is 14.4 Å². The van der Waals surface area contributed by atoms with E-state index in [1.54, 1.807) is 19.1 Å². The number of aryl methyl sites for hydroxylation is 1. The Bertz CT molecular complexity index is 1130. The number of rotatable bonds is 21. The summed E-state index contributed by atoms with van der Waals surface area (Å²) in [5.74, 6) is -2.76. The predicted molar refractivity (Wildman–Crippen MR) is 189 cm³/mol. The predicted octanol–water partition coefficient (Wildman–Crippen LogP) is 12.8. The summed E-state index contributed by atoms with van der Waals surface area (Å²) in [5.41, 5.74) is 1.89. The first kappa shape index (κ1) is 41.3. The molecule has 0 amide bonds. The maximum atomic E-state index is 14.7. The molecular formula is C39H61F4O3P. The lowest BCUT2D eigenvalue weighted by Gasteiger charge is -2.25. The molecule has 1 aliphatic rings. The molecule has 1 fully saturated rings. The molecule has 1 N–H and O–H groups in total. The summed E-state index contributed by atoms with van der Waals surface area (Å²) in [6, 6.07) is 4.90. The van der Waals surface area contributed by atoms with E-state index in [-0.39, 0.29) is 32.1 Å². The van der Waals surface area contributed by atoms with Gasteiger partial charge in [0.2, 0.25) is 11.6 Å². The topological polar surface area (TPSA) is 38.7 Å². The number of hydrogen-bond acceptors (Lipinski definition) is 3. The summed E-state index contributed by atoms with van der Waals surface area (Å²) >= 11 is 0. The minimum Gasteiger partial charge on any atom is -0.491 e.